The van der Waals surface area contributed by atoms with E-state index in [1.165, 1.54) is 25.7 Å². The van der Waals surface area contributed by atoms with Crippen LogP contribution in [0.15, 0.2) is 4.99 Å². The number of unbranched alkanes of at least 4 members (excludes halogenated alkanes) is 1. The van der Waals surface area contributed by atoms with Gasteiger partial charge in [0.2, 0.25) is 5.91 Å². The van der Waals surface area contributed by atoms with Crippen LogP contribution in [0.25, 0.3) is 0 Å². The highest BCUT2D eigenvalue weighted by Gasteiger charge is 2.15. The Balaban J connectivity index is 0.00000625. The summed E-state index contributed by atoms with van der Waals surface area (Å²) in [5.74, 6) is 0.918. The molecule has 1 saturated carbocycles. The highest BCUT2D eigenvalue weighted by Crippen LogP contribution is 2.17. The zero-order chi connectivity index (χ0) is 18.2. The van der Waals surface area contributed by atoms with Crippen molar-refractivity contribution in [3.05, 3.63) is 0 Å². The van der Waals surface area contributed by atoms with E-state index >= 15 is 0 Å². The summed E-state index contributed by atoms with van der Waals surface area (Å²) in [6.07, 6.45) is 9.74. The first-order valence-corrected chi connectivity index (χ1v) is 10.2. The smallest absolute Gasteiger partial charge is 0.221 e. The van der Waals surface area contributed by atoms with Crippen LogP contribution in [0.2, 0.25) is 0 Å². The Bertz CT molecular complexity index is 375. The fourth-order valence-electron chi connectivity index (χ4n) is 2.89. The van der Waals surface area contributed by atoms with Gasteiger partial charge in [0, 0.05) is 45.3 Å². The van der Waals surface area contributed by atoms with Crippen LogP contribution in [0.3, 0.4) is 0 Å². The van der Waals surface area contributed by atoms with Crippen LogP contribution in [-0.4, -0.2) is 50.8 Å². The van der Waals surface area contributed by atoms with Crippen molar-refractivity contribution < 1.29 is 9.53 Å². The number of amides is 1. The average Bonchev–Trinajstić information content (AvgIpc) is 2.61. The third-order valence-electron chi connectivity index (χ3n) is 4.32. The molecule has 0 aromatic carbocycles. The first kappa shape index (κ1) is 25.4. The summed E-state index contributed by atoms with van der Waals surface area (Å²) in [5.41, 5.74) is 0. The van der Waals surface area contributed by atoms with Crippen LogP contribution >= 0.6 is 24.0 Å². The molecule has 0 unspecified atom stereocenters. The van der Waals surface area contributed by atoms with E-state index in [4.69, 9.17) is 4.74 Å². The average molecular weight is 482 g/mol. The molecule has 3 N–H and O–H groups in total. The van der Waals surface area contributed by atoms with Crippen molar-refractivity contribution in [2.45, 2.75) is 77.7 Å². The summed E-state index contributed by atoms with van der Waals surface area (Å²) in [7, 11) is 0. The van der Waals surface area contributed by atoms with E-state index in [-0.39, 0.29) is 29.9 Å². The molecule has 0 bridgehead atoms. The minimum atomic E-state index is 0. The number of hydrogen-bond donors (Lipinski definition) is 3. The maximum Gasteiger partial charge on any atom is 0.221 e. The lowest BCUT2D eigenvalue weighted by Gasteiger charge is -2.22. The summed E-state index contributed by atoms with van der Waals surface area (Å²) < 4.78 is 5.54. The quantitative estimate of drug-likeness (QED) is 0.173. The lowest BCUT2D eigenvalue weighted by Crippen LogP contribution is -2.41. The Hall–Kier alpha value is -0.570. The second kappa shape index (κ2) is 17.8. The Morgan fingerprint density at radius 1 is 1.08 bits per heavy atom. The van der Waals surface area contributed by atoms with E-state index < -0.39 is 0 Å². The van der Waals surface area contributed by atoms with Gasteiger partial charge in [0.1, 0.15) is 0 Å². The molecule has 0 aromatic heterocycles. The van der Waals surface area contributed by atoms with Gasteiger partial charge in [0.25, 0.3) is 0 Å². The summed E-state index contributed by atoms with van der Waals surface area (Å²) in [4.78, 5) is 16.5. The molecule has 0 heterocycles. The topological polar surface area (TPSA) is 74.8 Å². The van der Waals surface area contributed by atoms with Crippen LogP contribution in [0.5, 0.6) is 0 Å². The van der Waals surface area contributed by atoms with Crippen LogP contribution < -0.4 is 16.0 Å². The van der Waals surface area contributed by atoms with Gasteiger partial charge in [0.05, 0.1) is 0 Å². The number of rotatable bonds is 12. The van der Waals surface area contributed by atoms with Crippen LogP contribution in [0, 0.1) is 0 Å². The predicted molar refractivity (Wildman–Crippen MR) is 119 cm³/mol. The van der Waals surface area contributed by atoms with Gasteiger partial charge in [-0.1, -0.05) is 32.6 Å². The molecule has 26 heavy (non-hydrogen) atoms. The summed E-state index contributed by atoms with van der Waals surface area (Å²) >= 11 is 0. The number of carbonyl (C=O) groups is 1. The highest BCUT2D eigenvalue weighted by molar-refractivity contribution is 14.0. The Kier molecular flexibility index (Phi) is 17.4. The number of guanidine groups is 1. The van der Waals surface area contributed by atoms with Gasteiger partial charge < -0.3 is 20.7 Å². The van der Waals surface area contributed by atoms with Gasteiger partial charge in [-0.2, -0.15) is 0 Å². The Labute approximate surface area is 176 Å². The molecular formula is C19H39IN4O2. The molecule has 154 valence electrons. The molecule has 0 radical (unpaired) electrons. The zero-order valence-corrected chi connectivity index (χ0v) is 19.0. The maximum atomic E-state index is 12.0. The van der Waals surface area contributed by atoms with E-state index in [1.54, 1.807) is 0 Å². The number of hydrogen-bond acceptors (Lipinski definition) is 3. The van der Waals surface area contributed by atoms with Crippen molar-refractivity contribution in [2.24, 2.45) is 4.99 Å². The third-order valence-corrected chi connectivity index (χ3v) is 4.32. The Morgan fingerprint density at radius 3 is 2.50 bits per heavy atom. The lowest BCUT2D eigenvalue weighted by molar-refractivity contribution is -0.121. The fraction of sp³-hybridized carbons (Fsp3) is 0.895. The van der Waals surface area contributed by atoms with Crippen LogP contribution in [0.4, 0.5) is 0 Å². The van der Waals surface area contributed by atoms with Crippen LogP contribution in [-0.2, 0) is 9.53 Å². The molecule has 6 nitrogen and oxygen atoms in total. The van der Waals surface area contributed by atoms with Gasteiger partial charge in [-0.25, -0.2) is 0 Å². The Morgan fingerprint density at radius 2 is 1.81 bits per heavy atom. The molecule has 0 aromatic rings. The molecule has 1 fully saturated rings. The molecule has 1 amide bonds. The monoisotopic (exact) mass is 482 g/mol. The third kappa shape index (κ3) is 13.6. The number of nitrogens with one attached hydrogen (secondary N) is 3. The first-order valence-electron chi connectivity index (χ1n) is 10.2. The maximum absolute atomic E-state index is 12.0. The SMILES string of the molecule is CCCCOCCCN=C(NCC)NCCC(=O)NC1CCCCC1.I. The minimum absolute atomic E-state index is 0. The highest BCUT2D eigenvalue weighted by atomic mass is 127. The van der Waals surface area contributed by atoms with E-state index in [2.05, 4.69) is 27.9 Å². The van der Waals surface area contributed by atoms with Crippen molar-refractivity contribution >= 4 is 35.8 Å². The largest absolute Gasteiger partial charge is 0.381 e. The molecule has 7 heteroatoms. The van der Waals surface area contributed by atoms with Crippen LogP contribution in [0.1, 0.15) is 71.6 Å². The molecule has 0 aliphatic heterocycles. The van der Waals surface area contributed by atoms with E-state index in [0.717, 1.165) is 57.9 Å². The van der Waals surface area contributed by atoms with Crippen molar-refractivity contribution in [1.82, 2.24) is 16.0 Å². The van der Waals surface area contributed by atoms with Gasteiger partial charge in [-0.3, -0.25) is 9.79 Å². The minimum Gasteiger partial charge on any atom is -0.381 e. The summed E-state index contributed by atoms with van der Waals surface area (Å²) in [6, 6.07) is 0.385. The van der Waals surface area contributed by atoms with Crippen molar-refractivity contribution in [3.8, 4) is 0 Å². The number of halogens is 1. The number of ether oxygens (including phenoxy) is 1. The number of carbonyl (C=O) groups excluding carboxylic acids is 1. The second-order valence-corrected chi connectivity index (χ2v) is 6.66. The lowest BCUT2D eigenvalue weighted by atomic mass is 9.95. The summed E-state index contributed by atoms with van der Waals surface area (Å²) in [6.45, 7) is 7.96. The molecule has 0 spiro atoms. The summed E-state index contributed by atoms with van der Waals surface area (Å²) in [5, 5.41) is 9.60. The standard InChI is InChI=1S/C19H38N4O2.HI/c1-3-5-15-25-16-9-13-21-19(20-4-2)22-14-12-18(24)23-17-10-7-6-8-11-17;/h17H,3-16H2,1-2H3,(H,23,24)(H2,20,21,22);1H. The van der Waals surface area contributed by atoms with Crippen molar-refractivity contribution in [1.29, 1.82) is 0 Å². The van der Waals surface area contributed by atoms with Gasteiger partial charge in [-0.05, 0) is 32.6 Å². The fourth-order valence-corrected chi connectivity index (χ4v) is 2.89. The molecule has 1 rings (SSSR count). The molecule has 1 aliphatic rings. The molecule has 0 atom stereocenters. The molecule has 0 saturated heterocycles. The first-order chi connectivity index (χ1) is 12.3. The zero-order valence-electron chi connectivity index (χ0n) is 16.6. The normalized spacial score (nSPS) is 15.2. The molecule has 1 aliphatic carbocycles. The predicted octanol–water partition coefficient (Wildman–Crippen LogP) is 3.21. The van der Waals surface area contributed by atoms with Crippen molar-refractivity contribution in [3.63, 3.8) is 0 Å². The van der Waals surface area contributed by atoms with Crippen molar-refractivity contribution in [2.75, 3.05) is 32.8 Å². The van der Waals surface area contributed by atoms with E-state index in [9.17, 15) is 4.79 Å². The molecular weight excluding hydrogens is 443 g/mol. The van der Waals surface area contributed by atoms with Gasteiger partial charge in [0.15, 0.2) is 5.96 Å². The van der Waals surface area contributed by atoms with Gasteiger partial charge in [-0.15, -0.1) is 24.0 Å². The van der Waals surface area contributed by atoms with Gasteiger partial charge >= 0.3 is 0 Å². The van der Waals surface area contributed by atoms with E-state index in [1.807, 2.05) is 6.92 Å². The number of aliphatic imine (C=N–C) groups is 1. The number of nitrogens with zero attached hydrogens (tertiary/aromatic N) is 1. The second-order valence-electron chi connectivity index (χ2n) is 6.66. The van der Waals surface area contributed by atoms with E-state index in [0.29, 0.717) is 19.0 Å².